The summed E-state index contributed by atoms with van der Waals surface area (Å²) < 4.78 is 41.4. The zero-order valence-electron chi connectivity index (χ0n) is 12.4. The molecule has 0 spiro atoms. The van der Waals surface area contributed by atoms with Crippen molar-refractivity contribution in [2.45, 2.75) is 25.8 Å². The molecule has 0 amide bonds. The van der Waals surface area contributed by atoms with Gasteiger partial charge in [0.1, 0.15) is 11.6 Å². The number of anilines is 1. The molecule has 122 valence electrons. The summed E-state index contributed by atoms with van der Waals surface area (Å²) in [5, 5.41) is 13.2. The van der Waals surface area contributed by atoms with Gasteiger partial charge in [-0.1, -0.05) is 0 Å². The van der Waals surface area contributed by atoms with Crippen molar-refractivity contribution in [3.8, 4) is 5.69 Å². The quantitative estimate of drug-likeness (QED) is 0.943. The molecule has 1 aromatic carbocycles. The first kappa shape index (κ1) is 15.4. The Morgan fingerprint density at radius 3 is 2.43 bits per heavy atom. The van der Waals surface area contributed by atoms with E-state index in [2.05, 4.69) is 5.10 Å². The van der Waals surface area contributed by atoms with Crippen molar-refractivity contribution in [2.24, 2.45) is 0 Å². The van der Waals surface area contributed by atoms with Crippen LogP contribution < -0.4 is 4.90 Å². The molecule has 0 aliphatic carbocycles. The summed E-state index contributed by atoms with van der Waals surface area (Å²) >= 11 is 0. The average molecular weight is 325 g/mol. The van der Waals surface area contributed by atoms with E-state index in [-0.39, 0.29) is 11.5 Å². The Morgan fingerprint density at radius 2 is 1.96 bits per heavy atom. The molecule has 3 rings (SSSR count). The lowest BCUT2D eigenvalue weighted by molar-refractivity contribution is -0.0646. The third-order valence-corrected chi connectivity index (χ3v) is 4.10. The third-order valence-electron chi connectivity index (χ3n) is 4.10. The Kier molecular flexibility index (Phi) is 3.35. The second-order valence-electron chi connectivity index (χ2n) is 5.56. The first-order valence-corrected chi connectivity index (χ1v) is 6.95. The molecule has 1 atom stereocenters. The van der Waals surface area contributed by atoms with Crippen LogP contribution in [-0.4, -0.2) is 39.4 Å². The van der Waals surface area contributed by atoms with E-state index < -0.39 is 30.3 Å². The van der Waals surface area contributed by atoms with Gasteiger partial charge in [0.15, 0.2) is 5.69 Å². The van der Waals surface area contributed by atoms with Crippen LogP contribution in [0.15, 0.2) is 24.3 Å². The maximum Gasteiger partial charge on any atom is 0.356 e. The molecule has 2 heterocycles. The number of hydrogen-bond acceptors (Lipinski definition) is 3. The summed E-state index contributed by atoms with van der Waals surface area (Å²) in [6.07, 6.45) is 0. The number of alkyl halides is 2. The van der Waals surface area contributed by atoms with Crippen LogP contribution in [0.4, 0.5) is 19.0 Å². The summed E-state index contributed by atoms with van der Waals surface area (Å²) in [5.74, 6) is -4.26. The molecule has 23 heavy (non-hydrogen) atoms. The van der Waals surface area contributed by atoms with Crippen LogP contribution in [0.25, 0.3) is 5.69 Å². The predicted octanol–water partition coefficient (Wildman–Crippen LogP) is 2.86. The van der Waals surface area contributed by atoms with Crippen LogP contribution in [0.1, 0.15) is 23.0 Å². The van der Waals surface area contributed by atoms with Crippen molar-refractivity contribution >= 4 is 11.8 Å². The first-order valence-electron chi connectivity index (χ1n) is 6.95. The number of carboxylic acids is 1. The van der Waals surface area contributed by atoms with Crippen LogP contribution in [0.2, 0.25) is 0 Å². The third kappa shape index (κ3) is 2.34. The molecule has 2 aromatic rings. The van der Waals surface area contributed by atoms with Gasteiger partial charge in [-0.2, -0.15) is 5.10 Å². The highest BCUT2D eigenvalue weighted by Gasteiger charge is 2.53. The van der Waals surface area contributed by atoms with E-state index >= 15 is 0 Å². The van der Waals surface area contributed by atoms with Crippen LogP contribution in [0.5, 0.6) is 0 Å². The average Bonchev–Trinajstić information content (AvgIpc) is 2.83. The van der Waals surface area contributed by atoms with Gasteiger partial charge in [0.25, 0.3) is 5.92 Å². The highest BCUT2D eigenvalue weighted by Crippen LogP contribution is 2.41. The SMILES string of the molecule is Cc1c(C(=O)O)nn(-c2ccc(F)cc2)c1N1CC(F)(F)[C@H]1C. The summed E-state index contributed by atoms with van der Waals surface area (Å²) in [5.41, 5.74) is 0.482. The van der Waals surface area contributed by atoms with E-state index in [0.29, 0.717) is 11.3 Å². The van der Waals surface area contributed by atoms with Gasteiger partial charge in [-0.15, -0.1) is 0 Å². The maximum atomic E-state index is 13.5. The van der Waals surface area contributed by atoms with E-state index in [0.717, 1.165) is 0 Å². The van der Waals surface area contributed by atoms with Crippen molar-refractivity contribution in [3.05, 3.63) is 41.3 Å². The number of nitrogens with zero attached hydrogens (tertiary/aromatic N) is 3. The van der Waals surface area contributed by atoms with Crippen molar-refractivity contribution < 1.29 is 23.1 Å². The molecule has 1 aliphatic heterocycles. The molecule has 0 bridgehead atoms. The number of rotatable bonds is 3. The molecule has 1 aromatic heterocycles. The van der Waals surface area contributed by atoms with Crippen molar-refractivity contribution in [1.82, 2.24) is 9.78 Å². The van der Waals surface area contributed by atoms with Crippen LogP contribution in [0.3, 0.4) is 0 Å². The van der Waals surface area contributed by atoms with Crippen molar-refractivity contribution in [2.75, 3.05) is 11.4 Å². The number of aromatic nitrogens is 2. The van der Waals surface area contributed by atoms with Gasteiger partial charge in [-0.3, -0.25) is 0 Å². The number of benzene rings is 1. The van der Waals surface area contributed by atoms with Gasteiger partial charge >= 0.3 is 5.97 Å². The molecule has 0 saturated carbocycles. The Morgan fingerprint density at radius 1 is 1.35 bits per heavy atom. The van der Waals surface area contributed by atoms with Crippen molar-refractivity contribution in [3.63, 3.8) is 0 Å². The Hall–Kier alpha value is -2.51. The fraction of sp³-hybridized carbons (Fsp3) is 0.333. The normalized spacial score (nSPS) is 19.5. The molecule has 0 unspecified atom stereocenters. The molecular weight excluding hydrogens is 311 g/mol. The zero-order valence-corrected chi connectivity index (χ0v) is 12.4. The van der Waals surface area contributed by atoms with Gasteiger partial charge in [-0.25, -0.2) is 22.6 Å². The smallest absolute Gasteiger partial charge is 0.356 e. The van der Waals surface area contributed by atoms with E-state index in [1.165, 1.54) is 47.7 Å². The second kappa shape index (κ2) is 5.00. The number of carboxylic acid groups (broad SMARTS) is 1. The van der Waals surface area contributed by atoms with E-state index in [4.69, 9.17) is 0 Å². The number of aromatic carboxylic acids is 1. The highest BCUT2D eigenvalue weighted by atomic mass is 19.3. The number of hydrogen-bond donors (Lipinski definition) is 1. The monoisotopic (exact) mass is 325 g/mol. The van der Waals surface area contributed by atoms with Gasteiger partial charge < -0.3 is 10.0 Å². The van der Waals surface area contributed by atoms with Crippen molar-refractivity contribution in [1.29, 1.82) is 0 Å². The molecule has 8 heteroatoms. The molecule has 0 radical (unpaired) electrons. The standard InChI is InChI=1S/C15H14F3N3O2/c1-8-12(14(22)23)19-21(11-5-3-10(16)4-6-11)13(8)20-7-15(17,18)9(20)2/h3-6,9H,7H2,1-2H3,(H,22,23)/t9-/m1/s1. The number of halogens is 3. The lowest BCUT2D eigenvalue weighted by atomic mass is 9.99. The minimum absolute atomic E-state index is 0.216. The summed E-state index contributed by atoms with van der Waals surface area (Å²) in [7, 11) is 0. The van der Waals surface area contributed by atoms with E-state index in [1.807, 2.05) is 0 Å². The fourth-order valence-electron chi connectivity index (χ4n) is 2.66. The first-order chi connectivity index (χ1) is 10.7. The molecule has 1 saturated heterocycles. The topological polar surface area (TPSA) is 58.4 Å². The molecule has 1 fully saturated rings. The van der Waals surface area contributed by atoms with Crippen LogP contribution in [-0.2, 0) is 0 Å². The predicted molar refractivity (Wildman–Crippen MR) is 77.0 cm³/mol. The Bertz CT molecular complexity index is 771. The Labute approximate surface area is 129 Å². The zero-order chi connectivity index (χ0) is 16.9. The maximum absolute atomic E-state index is 13.5. The summed E-state index contributed by atoms with van der Waals surface area (Å²) in [4.78, 5) is 12.7. The Balaban J connectivity index is 2.13. The minimum atomic E-state index is -2.84. The van der Waals surface area contributed by atoms with Crippen LogP contribution >= 0.6 is 0 Å². The largest absolute Gasteiger partial charge is 0.476 e. The summed E-state index contributed by atoms with van der Waals surface area (Å²) in [6.45, 7) is 2.38. The highest BCUT2D eigenvalue weighted by molar-refractivity contribution is 5.89. The number of carbonyl (C=O) groups is 1. The molecular formula is C15H14F3N3O2. The van der Waals surface area contributed by atoms with Gasteiger partial charge in [0.2, 0.25) is 0 Å². The second-order valence-corrected chi connectivity index (χ2v) is 5.56. The lowest BCUT2D eigenvalue weighted by Crippen LogP contribution is -2.64. The van der Waals surface area contributed by atoms with E-state index in [9.17, 15) is 23.1 Å². The molecule has 1 N–H and O–H groups in total. The molecule has 1 aliphatic rings. The minimum Gasteiger partial charge on any atom is -0.476 e. The van der Waals surface area contributed by atoms with Gasteiger partial charge in [0.05, 0.1) is 18.3 Å². The van der Waals surface area contributed by atoms with Gasteiger partial charge in [0, 0.05) is 5.56 Å². The van der Waals surface area contributed by atoms with Gasteiger partial charge in [-0.05, 0) is 38.1 Å². The van der Waals surface area contributed by atoms with Crippen LogP contribution in [0, 0.1) is 12.7 Å². The van der Waals surface area contributed by atoms with E-state index in [1.54, 1.807) is 0 Å². The molecule has 5 nitrogen and oxygen atoms in total. The lowest BCUT2D eigenvalue weighted by Gasteiger charge is -2.47. The fourth-order valence-corrected chi connectivity index (χ4v) is 2.66. The summed E-state index contributed by atoms with van der Waals surface area (Å²) in [6, 6.07) is 4.16.